The van der Waals surface area contributed by atoms with Gasteiger partial charge in [0.15, 0.2) is 0 Å². The molecule has 1 unspecified atom stereocenters. The third-order valence-corrected chi connectivity index (χ3v) is 4.53. The molecule has 0 saturated heterocycles. The Balaban J connectivity index is 2.15. The molecule has 0 fully saturated rings. The number of cyclic esters (lactones) is 1. The number of benzene rings is 1. The average molecular weight is 376 g/mol. The van der Waals surface area contributed by atoms with Crippen LogP contribution in [0.2, 0.25) is 0 Å². The number of amides is 1. The molecular weight excluding hydrogens is 355 g/mol. The number of halogens is 1. The lowest BCUT2D eigenvalue weighted by molar-refractivity contribution is -0.178. The first-order chi connectivity index (χ1) is 12.9. The molecule has 0 spiro atoms. The van der Waals surface area contributed by atoms with Gasteiger partial charge in [-0.2, -0.15) is 0 Å². The fourth-order valence-corrected chi connectivity index (χ4v) is 3.29. The van der Waals surface area contributed by atoms with E-state index in [2.05, 4.69) is 15.3 Å². The first kappa shape index (κ1) is 19.1. The summed E-state index contributed by atoms with van der Waals surface area (Å²) in [4.78, 5) is 32.3. The topological polar surface area (TPSA) is 101 Å². The van der Waals surface area contributed by atoms with E-state index in [-0.39, 0.29) is 28.6 Å². The first-order valence-corrected chi connectivity index (χ1v) is 8.72. The Morgan fingerprint density at radius 2 is 2.19 bits per heavy atom. The van der Waals surface area contributed by atoms with E-state index in [0.717, 1.165) is 12.8 Å². The molecule has 8 heteroatoms. The molecule has 0 saturated carbocycles. The second kappa shape index (κ2) is 7.50. The van der Waals surface area contributed by atoms with Crippen LogP contribution in [0.5, 0.6) is 0 Å². The van der Waals surface area contributed by atoms with Crippen molar-refractivity contribution in [2.75, 3.05) is 7.11 Å². The number of carbonyl (C=O) groups excluding carboxylic acids is 2. The lowest BCUT2D eigenvalue weighted by atomic mass is 9.94. The molecule has 1 aliphatic heterocycles. The smallest absolute Gasteiger partial charge is 0.347 e. The standard InChI is InChI=1S/C19H21FN2O5/c1-3-4-5-9-19(25)16(15(18(24)27-19)17(23)22-26-2)14-10-11-12(20)7-6-8-13(11)21-14/h6-8,10,21,25H,3-5,9H2,1-2H3,(H,22,23). The van der Waals surface area contributed by atoms with Crippen molar-refractivity contribution in [1.82, 2.24) is 10.5 Å². The van der Waals surface area contributed by atoms with Crippen molar-refractivity contribution in [2.24, 2.45) is 0 Å². The zero-order chi connectivity index (χ0) is 19.6. The monoisotopic (exact) mass is 376 g/mol. The van der Waals surface area contributed by atoms with Gasteiger partial charge in [0.1, 0.15) is 11.4 Å². The van der Waals surface area contributed by atoms with Gasteiger partial charge in [0.2, 0.25) is 5.79 Å². The number of fused-ring (bicyclic) bond motifs is 1. The van der Waals surface area contributed by atoms with Gasteiger partial charge in [0.05, 0.1) is 18.4 Å². The zero-order valence-corrected chi connectivity index (χ0v) is 15.1. The van der Waals surface area contributed by atoms with Crippen LogP contribution in [0.15, 0.2) is 29.8 Å². The molecule has 27 heavy (non-hydrogen) atoms. The van der Waals surface area contributed by atoms with Crippen molar-refractivity contribution >= 4 is 28.4 Å². The molecule has 0 aliphatic carbocycles. The molecular formula is C19H21FN2O5. The van der Waals surface area contributed by atoms with Crippen molar-refractivity contribution in [3.63, 3.8) is 0 Å². The van der Waals surface area contributed by atoms with Crippen molar-refractivity contribution in [1.29, 1.82) is 0 Å². The second-order valence-electron chi connectivity index (χ2n) is 6.40. The van der Waals surface area contributed by atoms with Crippen LogP contribution in [-0.4, -0.2) is 34.9 Å². The zero-order valence-electron chi connectivity index (χ0n) is 15.1. The van der Waals surface area contributed by atoms with Gasteiger partial charge in [0, 0.05) is 17.3 Å². The molecule has 144 valence electrons. The third kappa shape index (κ3) is 3.45. The number of hydroxylamine groups is 1. The van der Waals surface area contributed by atoms with E-state index in [0.29, 0.717) is 11.9 Å². The predicted octanol–water partition coefficient (Wildman–Crippen LogP) is 2.56. The van der Waals surface area contributed by atoms with Gasteiger partial charge in [0.25, 0.3) is 5.91 Å². The maximum Gasteiger partial charge on any atom is 0.347 e. The van der Waals surface area contributed by atoms with E-state index in [1.54, 1.807) is 6.07 Å². The Morgan fingerprint density at radius 3 is 2.85 bits per heavy atom. The number of carbonyl (C=O) groups is 2. The minimum Gasteiger partial charge on any atom is -0.425 e. The molecule has 1 aromatic heterocycles. The number of aromatic nitrogens is 1. The van der Waals surface area contributed by atoms with Crippen LogP contribution in [0.3, 0.4) is 0 Å². The lowest BCUT2D eigenvalue weighted by Gasteiger charge is -2.24. The van der Waals surface area contributed by atoms with E-state index >= 15 is 0 Å². The summed E-state index contributed by atoms with van der Waals surface area (Å²) in [5.41, 5.74) is 2.39. The highest BCUT2D eigenvalue weighted by Crippen LogP contribution is 2.42. The van der Waals surface area contributed by atoms with Gasteiger partial charge in [-0.3, -0.25) is 9.63 Å². The Kier molecular flexibility index (Phi) is 5.29. The van der Waals surface area contributed by atoms with Crippen LogP contribution in [0.1, 0.15) is 38.3 Å². The molecule has 2 heterocycles. The maximum absolute atomic E-state index is 14.1. The van der Waals surface area contributed by atoms with E-state index in [1.165, 1.54) is 25.3 Å². The SMILES string of the molecule is CCCCCC1(O)OC(=O)C(C(=O)NOC)=C1c1cc2c(F)cccc2[nH]1. The summed E-state index contributed by atoms with van der Waals surface area (Å²) in [5, 5.41) is 11.3. The maximum atomic E-state index is 14.1. The van der Waals surface area contributed by atoms with Crippen LogP contribution in [0.25, 0.3) is 16.5 Å². The number of aliphatic hydroxyl groups is 1. The third-order valence-electron chi connectivity index (χ3n) is 4.53. The van der Waals surface area contributed by atoms with E-state index < -0.39 is 23.5 Å². The summed E-state index contributed by atoms with van der Waals surface area (Å²) in [6.07, 6.45) is 2.41. The predicted molar refractivity (Wildman–Crippen MR) is 95.5 cm³/mol. The first-order valence-electron chi connectivity index (χ1n) is 8.72. The van der Waals surface area contributed by atoms with Crippen molar-refractivity contribution < 1.29 is 28.7 Å². The second-order valence-corrected chi connectivity index (χ2v) is 6.40. The molecule has 0 bridgehead atoms. The number of ether oxygens (including phenoxy) is 1. The Labute approximate surface area is 155 Å². The number of hydrogen-bond donors (Lipinski definition) is 3. The Hall–Kier alpha value is -2.71. The summed E-state index contributed by atoms with van der Waals surface area (Å²) in [6, 6.07) is 5.95. The van der Waals surface area contributed by atoms with Crippen molar-refractivity contribution in [2.45, 2.75) is 38.4 Å². The number of hydrogen-bond acceptors (Lipinski definition) is 5. The number of H-pyrrole nitrogens is 1. The Morgan fingerprint density at radius 1 is 1.41 bits per heavy atom. The minimum atomic E-state index is -1.98. The van der Waals surface area contributed by atoms with Gasteiger partial charge >= 0.3 is 5.97 Å². The number of nitrogens with one attached hydrogen (secondary N) is 2. The molecule has 1 aliphatic rings. The van der Waals surface area contributed by atoms with Crippen LogP contribution in [0.4, 0.5) is 4.39 Å². The number of aromatic amines is 1. The summed E-state index contributed by atoms with van der Waals surface area (Å²) < 4.78 is 19.3. The molecule has 3 rings (SSSR count). The summed E-state index contributed by atoms with van der Waals surface area (Å²) in [5.74, 6) is -4.25. The molecule has 7 nitrogen and oxygen atoms in total. The number of unbranched alkanes of at least 4 members (excludes halogenated alkanes) is 2. The Bertz CT molecular complexity index is 920. The molecule has 1 amide bonds. The summed E-state index contributed by atoms with van der Waals surface area (Å²) in [7, 11) is 1.23. The average Bonchev–Trinajstić information content (AvgIpc) is 3.14. The van der Waals surface area contributed by atoms with Crippen LogP contribution < -0.4 is 5.48 Å². The van der Waals surface area contributed by atoms with Crippen LogP contribution in [-0.2, 0) is 19.2 Å². The summed E-state index contributed by atoms with van der Waals surface area (Å²) in [6.45, 7) is 2.00. The molecule has 0 radical (unpaired) electrons. The lowest BCUT2D eigenvalue weighted by Crippen LogP contribution is -2.31. The van der Waals surface area contributed by atoms with E-state index in [9.17, 15) is 19.1 Å². The van der Waals surface area contributed by atoms with Crippen LogP contribution >= 0.6 is 0 Å². The van der Waals surface area contributed by atoms with Crippen LogP contribution in [0, 0.1) is 5.82 Å². The minimum absolute atomic E-state index is 0.0197. The largest absolute Gasteiger partial charge is 0.425 e. The highest BCUT2D eigenvalue weighted by molar-refractivity contribution is 6.24. The fraction of sp³-hybridized carbons (Fsp3) is 0.368. The molecule has 3 N–H and O–H groups in total. The molecule has 2 aromatic rings. The highest BCUT2D eigenvalue weighted by Gasteiger charge is 2.49. The van der Waals surface area contributed by atoms with E-state index in [4.69, 9.17) is 4.74 Å². The van der Waals surface area contributed by atoms with Gasteiger partial charge in [-0.25, -0.2) is 14.7 Å². The van der Waals surface area contributed by atoms with Gasteiger partial charge in [-0.1, -0.05) is 25.8 Å². The fourth-order valence-electron chi connectivity index (χ4n) is 3.29. The molecule has 1 atom stereocenters. The molecule has 1 aromatic carbocycles. The van der Waals surface area contributed by atoms with Gasteiger partial charge in [-0.15, -0.1) is 0 Å². The number of rotatable bonds is 7. The normalized spacial score (nSPS) is 19.6. The quantitative estimate of drug-likeness (QED) is 0.298. The number of esters is 1. The van der Waals surface area contributed by atoms with Crippen molar-refractivity contribution in [3.05, 3.63) is 41.3 Å². The summed E-state index contributed by atoms with van der Waals surface area (Å²) >= 11 is 0. The van der Waals surface area contributed by atoms with E-state index in [1.807, 2.05) is 6.92 Å². The highest BCUT2D eigenvalue weighted by atomic mass is 19.1. The van der Waals surface area contributed by atoms with Crippen molar-refractivity contribution in [3.8, 4) is 0 Å². The van der Waals surface area contributed by atoms with Gasteiger partial charge in [-0.05, 0) is 24.6 Å². The van der Waals surface area contributed by atoms with Gasteiger partial charge < -0.3 is 14.8 Å².